The van der Waals surface area contributed by atoms with Crippen LogP contribution in [-0.4, -0.2) is 68.5 Å². The van der Waals surface area contributed by atoms with E-state index < -0.39 is 0 Å². The van der Waals surface area contributed by atoms with Crippen molar-refractivity contribution in [1.82, 2.24) is 4.90 Å². The molecule has 0 aliphatic carbocycles. The number of carbonyl (C=O) groups excluding carboxylic acids is 1. The van der Waals surface area contributed by atoms with Gasteiger partial charge in [-0.05, 0) is 44.7 Å². The number of aliphatic hydroxyl groups is 2. The molecule has 0 bridgehead atoms. The Morgan fingerprint density at radius 3 is 1.39 bits per heavy atom. The van der Waals surface area contributed by atoms with Gasteiger partial charge in [0.25, 0.3) is 0 Å². The molecule has 2 N–H and O–H groups in total. The summed E-state index contributed by atoms with van der Waals surface area (Å²) in [5, 5.41) is 17.2. The van der Waals surface area contributed by atoms with Gasteiger partial charge in [-0.1, -0.05) is 164 Å². The van der Waals surface area contributed by atoms with Gasteiger partial charge in [0.1, 0.15) is 6.79 Å². The summed E-state index contributed by atoms with van der Waals surface area (Å²) in [5.74, 6) is 0.974. The van der Waals surface area contributed by atoms with E-state index in [-0.39, 0.29) is 27.7 Å². The molecular weight excluding hydrogens is 742 g/mol. The van der Waals surface area contributed by atoms with Crippen molar-refractivity contribution in [2.75, 3.05) is 46.6 Å². The molecule has 0 rings (SSSR count). The van der Waals surface area contributed by atoms with Crippen molar-refractivity contribution in [3.63, 3.8) is 0 Å². The zero-order valence-electron chi connectivity index (χ0n) is 32.8. The number of hydrogen-bond acceptors (Lipinski definition) is 5. The number of hydrogen-bond donors (Lipinski definition) is 2. The summed E-state index contributed by atoms with van der Waals surface area (Å²) in [5.41, 5.74) is 0. The fourth-order valence-corrected chi connectivity index (χ4v) is 4.76. The third-order valence-electron chi connectivity index (χ3n) is 7.78. The van der Waals surface area contributed by atoms with E-state index >= 15 is 0 Å². The number of carbonyl (C=O) groups is 1. The summed E-state index contributed by atoms with van der Waals surface area (Å²) < 4.78 is 5.04. The number of unbranched alkanes of at least 4 members (excludes halogenated alkanes) is 16. The van der Waals surface area contributed by atoms with Crippen molar-refractivity contribution in [2.45, 2.75) is 196 Å². The third kappa shape index (κ3) is 70.5. The SMILES string of the molecule is C=O.CCCCCCC.CCCCCCC(C)CCCC.CCCCCO.[CH2-]CCCCCN(CCO)CCCCCCOC.[W]. The van der Waals surface area contributed by atoms with Crippen LogP contribution in [0.1, 0.15) is 196 Å². The first kappa shape index (κ1) is 58.4. The van der Waals surface area contributed by atoms with Crippen LogP contribution in [0.25, 0.3) is 0 Å². The Morgan fingerprint density at radius 1 is 0.565 bits per heavy atom. The molecule has 284 valence electrons. The molecule has 0 aliphatic heterocycles. The first-order valence-corrected chi connectivity index (χ1v) is 19.5. The summed E-state index contributed by atoms with van der Waals surface area (Å²) >= 11 is 0. The fourth-order valence-electron chi connectivity index (χ4n) is 4.76. The van der Waals surface area contributed by atoms with Crippen LogP contribution in [0.15, 0.2) is 0 Å². The second-order valence-corrected chi connectivity index (χ2v) is 12.5. The Kier molecular flexibility index (Phi) is 81.0. The van der Waals surface area contributed by atoms with E-state index in [0.717, 1.165) is 51.4 Å². The molecule has 0 saturated carbocycles. The van der Waals surface area contributed by atoms with Crippen molar-refractivity contribution < 1.29 is 40.8 Å². The molecule has 0 spiro atoms. The maximum atomic E-state index is 9.04. The Morgan fingerprint density at radius 2 is 0.978 bits per heavy atom. The van der Waals surface area contributed by atoms with Crippen molar-refractivity contribution in [3.05, 3.63) is 6.92 Å². The van der Waals surface area contributed by atoms with E-state index in [1.54, 1.807) is 7.11 Å². The molecule has 0 saturated heterocycles. The van der Waals surface area contributed by atoms with Gasteiger partial charge in [-0.2, -0.15) is 6.42 Å². The molecule has 0 heterocycles. The number of nitrogens with zero attached hydrogens (tertiary/aromatic N) is 1. The molecule has 0 aliphatic rings. The summed E-state index contributed by atoms with van der Waals surface area (Å²) in [7, 11) is 1.76. The number of methoxy groups -OCH3 is 1. The van der Waals surface area contributed by atoms with Gasteiger partial charge in [-0.3, -0.25) is 0 Å². The normalized spacial score (nSPS) is 10.6. The fraction of sp³-hybridized carbons (Fsp3) is 0.950. The second-order valence-electron chi connectivity index (χ2n) is 12.5. The molecule has 0 fully saturated rings. The van der Waals surface area contributed by atoms with Crippen molar-refractivity contribution >= 4 is 6.79 Å². The van der Waals surface area contributed by atoms with E-state index in [1.165, 1.54) is 135 Å². The Balaban J connectivity index is -0.000000123. The molecule has 1 unspecified atom stereocenters. The molecule has 0 amide bonds. The minimum atomic E-state index is 0. The van der Waals surface area contributed by atoms with Crippen molar-refractivity contribution in [3.8, 4) is 0 Å². The van der Waals surface area contributed by atoms with Crippen LogP contribution in [0.4, 0.5) is 0 Å². The zero-order chi connectivity index (χ0) is 35.1. The van der Waals surface area contributed by atoms with Gasteiger partial charge in [0.2, 0.25) is 0 Å². The molecule has 0 aromatic carbocycles. The van der Waals surface area contributed by atoms with Gasteiger partial charge >= 0.3 is 0 Å². The first-order chi connectivity index (χ1) is 22.0. The molecule has 0 aromatic rings. The molecular formula is C40H88NO4W-. The summed E-state index contributed by atoms with van der Waals surface area (Å²) in [6, 6.07) is 0. The van der Waals surface area contributed by atoms with E-state index in [2.05, 4.69) is 53.4 Å². The Bertz CT molecular complexity index is 424. The Labute approximate surface area is 306 Å². The van der Waals surface area contributed by atoms with Crippen LogP contribution < -0.4 is 0 Å². The van der Waals surface area contributed by atoms with Crippen LogP contribution in [0.2, 0.25) is 0 Å². The van der Waals surface area contributed by atoms with E-state index in [4.69, 9.17) is 19.7 Å². The van der Waals surface area contributed by atoms with Crippen LogP contribution in [0, 0.1) is 12.8 Å². The van der Waals surface area contributed by atoms with Crippen molar-refractivity contribution in [1.29, 1.82) is 0 Å². The van der Waals surface area contributed by atoms with Crippen LogP contribution in [-0.2, 0) is 30.6 Å². The average molecular weight is 831 g/mol. The minimum absolute atomic E-state index is 0. The summed E-state index contributed by atoms with van der Waals surface area (Å²) in [6.45, 7) is 24.0. The standard InChI is InChI=1S/C15H32NO2.C12H26.C7H16.C5H12O.CH2O.W/c1-3-4-5-8-11-16(13-14-17)12-9-6-7-10-15-18-2;1-4-6-8-9-11-12(3)10-7-5-2;1-3-5-7-6-4-2;1-2-3-4-5-6;1-2;/h17H,1,3-15H2,2H3;12H,4-11H2,1-3H3;3-7H2,1-2H3;6H,2-5H2,1H3;1H2;/q-1;;;;;. The smallest absolute Gasteiger partial charge is 0.106 e. The molecule has 6 heteroatoms. The molecule has 1 atom stereocenters. The van der Waals surface area contributed by atoms with E-state index in [9.17, 15) is 0 Å². The second kappa shape index (κ2) is 63.8. The van der Waals surface area contributed by atoms with Gasteiger partial charge in [0.05, 0.1) is 6.61 Å². The van der Waals surface area contributed by atoms with Crippen LogP contribution in [0.3, 0.4) is 0 Å². The average Bonchev–Trinajstić information content (AvgIpc) is 3.06. The summed E-state index contributed by atoms with van der Waals surface area (Å²) in [4.78, 5) is 10.4. The van der Waals surface area contributed by atoms with Gasteiger partial charge in [0, 0.05) is 47.9 Å². The monoisotopic (exact) mass is 831 g/mol. The third-order valence-corrected chi connectivity index (χ3v) is 7.78. The molecule has 5 nitrogen and oxygen atoms in total. The quantitative estimate of drug-likeness (QED) is 0.0580. The topological polar surface area (TPSA) is 70.0 Å². The Hall–Kier alpha value is 0.198. The largest absolute Gasteiger partial charge is 0.396 e. The molecule has 0 radical (unpaired) electrons. The predicted molar refractivity (Wildman–Crippen MR) is 203 cm³/mol. The van der Waals surface area contributed by atoms with Gasteiger partial charge in [-0.25, -0.2) is 0 Å². The van der Waals surface area contributed by atoms with Gasteiger partial charge in [-0.15, -0.1) is 0 Å². The van der Waals surface area contributed by atoms with Gasteiger partial charge < -0.3 is 31.6 Å². The number of ether oxygens (including phenoxy) is 1. The minimum Gasteiger partial charge on any atom is -0.396 e. The molecule has 46 heavy (non-hydrogen) atoms. The van der Waals surface area contributed by atoms with E-state index in [0.29, 0.717) is 6.61 Å². The van der Waals surface area contributed by atoms with Gasteiger partial charge in [0.15, 0.2) is 0 Å². The van der Waals surface area contributed by atoms with Crippen LogP contribution >= 0.6 is 0 Å². The van der Waals surface area contributed by atoms with Crippen LogP contribution in [0.5, 0.6) is 0 Å². The molecule has 0 aromatic heterocycles. The number of rotatable bonds is 29. The first-order valence-electron chi connectivity index (χ1n) is 19.5. The maximum Gasteiger partial charge on any atom is 0.106 e. The maximum absolute atomic E-state index is 9.04. The number of aliphatic hydroxyl groups excluding tert-OH is 2. The zero-order valence-corrected chi connectivity index (χ0v) is 35.7. The van der Waals surface area contributed by atoms with E-state index in [1.807, 2.05) is 6.79 Å². The summed E-state index contributed by atoms with van der Waals surface area (Å²) in [6.07, 6.45) is 31.4. The predicted octanol–water partition coefficient (Wildman–Crippen LogP) is 11.6. The van der Waals surface area contributed by atoms with Crippen molar-refractivity contribution in [2.24, 2.45) is 5.92 Å².